The standard InChI is InChI=1S/C27H34ClFN6OSi/c1-27(2,3)37(5,6)36-18-24(20-7-8-21(28)22(29)17-20)35-15-11-19(12-16-35)23-9-13-30-26(32-23)33-25-10-14-31-34(25)4/h7-15,17,24H,16,18H2,1-6H3,(H,30,32,33). The number of nitrogens with zero attached hydrogens (tertiary/aromatic N) is 5. The Kier molecular flexibility index (Phi) is 7.87. The quantitative estimate of drug-likeness (QED) is 0.320. The van der Waals surface area contributed by atoms with Crippen LogP contribution in [-0.4, -0.2) is 46.1 Å². The highest BCUT2D eigenvalue weighted by Gasteiger charge is 2.38. The minimum absolute atomic E-state index is 0.0713. The second kappa shape index (κ2) is 10.8. The van der Waals surface area contributed by atoms with E-state index in [1.165, 1.54) is 6.07 Å². The number of hydrogen-bond donors (Lipinski definition) is 1. The van der Waals surface area contributed by atoms with Crippen molar-refractivity contribution in [3.05, 3.63) is 83.2 Å². The highest BCUT2D eigenvalue weighted by Crippen LogP contribution is 2.38. The number of halogens is 2. The van der Waals surface area contributed by atoms with Gasteiger partial charge in [-0.05, 0) is 53.5 Å². The van der Waals surface area contributed by atoms with Crippen LogP contribution < -0.4 is 5.32 Å². The van der Waals surface area contributed by atoms with Gasteiger partial charge in [0.2, 0.25) is 5.95 Å². The van der Waals surface area contributed by atoms with Crippen LogP contribution in [0.2, 0.25) is 23.2 Å². The molecular formula is C27H34ClFN6OSi. The molecule has 0 bridgehead atoms. The number of allylic oxidation sites excluding steroid dienone is 2. The summed E-state index contributed by atoms with van der Waals surface area (Å²) in [6, 6.07) is 8.57. The first-order valence-electron chi connectivity index (χ1n) is 12.3. The molecule has 1 atom stereocenters. The van der Waals surface area contributed by atoms with E-state index in [1.807, 2.05) is 37.5 Å². The zero-order valence-corrected chi connectivity index (χ0v) is 23.9. The predicted octanol–water partition coefficient (Wildman–Crippen LogP) is 6.72. The Hall–Kier alpha value is -3.01. The molecule has 1 N–H and O–H groups in total. The lowest BCUT2D eigenvalue weighted by molar-refractivity contribution is 0.177. The Balaban J connectivity index is 1.54. The maximum atomic E-state index is 14.4. The number of nitrogens with one attached hydrogen (secondary N) is 1. The van der Waals surface area contributed by atoms with E-state index in [9.17, 15) is 4.39 Å². The van der Waals surface area contributed by atoms with Crippen molar-refractivity contribution in [2.45, 2.75) is 44.9 Å². The molecule has 3 heterocycles. The average Bonchev–Trinajstić information content (AvgIpc) is 3.25. The van der Waals surface area contributed by atoms with Crippen molar-refractivity contribution in [1.82, 2.24) is 24.6 Å². The topological polar surface area (TPSA) is 68.1 Å². The lowest BCUT2D eigenvalue weighted by Gasteiger charge is -2.39. The van der Waals surface area contributed by atoms with E-state index in [1.54, 1.807) is 23.1 Å². The van der Waals surface area contributed by atoms with Crippen molar-refractivity contribution < 1.29 is 8.82 Å². The maximum absolute atomic E-state index is 14.4. The molecule has 0 fully saturated rings. The van der Waals surface area contributed by atoms with Crippen LogP contribution in [0.3, 0.4) is 0 Å². The molecule has 0 aliphatic carbocycles. The lowest BCUT2D eigenvalue weighted by atomic mass is 10.0. The summed E-state index contributed by atoms with van der Waals surface area (Å²) in [5, 5.41) is 7.54. The maximum Gasteiger partial charge on any atom is 0.228 e. The van der Waals surface area contributed by atoms with Gasteiger partial charge in [0.05, 0.1) is 29.6 Å². The summed E-state index contributed by atoms with van der Waals surface area (Å²) < 4.78 is 22.7. The third-order valence-electron chi connectivity index (χ3n) is 7.12. The van der Waals surface area contributed by atoms with Crippen LogP contribution in [0.5, 0.6) is 0 Å². The van der Waals surface area contributed by atoms with Crippen LogP contribution in [0.25, 0.3) is 5.57 Å². The molecule has 3 aromatic rings. The predicted molar refractivity (Wildman–Crippen MR) is 150 cm³/mol. The van der Waals surface area contributed by atoms with Gasteiger partial charge in [0, 0.05) is 32.1 Å². The van der Waals surface area contributed by atoms with Crippen molar-refractivity contribution in [3.8, 4) is 0 Å². The van der Waals surface area contributed by atoms with Gasteiger partial charge in [0.15, 0.2) is 8.32 Å². The molecule has 10 heteroatoms. The molecule has 37 heavy (non-hydrogen) atoms. The Morgan fingerprint density at radius 1 is 1.19 bits per heavy atom. The molecule has 4 rings (SSSR count). The second-order valence-corrected chi connectivity index (χ2v) is 15.9. The van der Waals surface area contributed by atoms with E-state index in [4.69, 9.17) is 16.0 Å². The van der Waals surface area contributed by atoms with Crippen LogP contribution in [0.1, 0.15) is 38.1 Å². The number of aromatic nitrogens is 4. The third kappa shape index (κ3) is 6.29. The fourth-order valence-corrected chi connectivity index (χ4v) is 4.85. The summed E-state index contributed by atoms with van der Waals surface area (Å²) in [7, 11) is -0.156. The SMILES string of the molecule is Cn1nccc1Nc1nccc(C2=CCN(C(CO[Si](C)(C)C(C)(C)C)c3ccc(Cl)c(F)c3)C=C2)n1. The molecule has 1 unspecified atom stereocenters. The third-order valence-corrected chi connectivity index (χ3v) is 11.9. The Bertz CT molecular complexity index is 1320. The van der Waals surface area contributed by atoms with Crippen molar-refractivity contribution >= 4 is 37.3 Å². The summed E-state index contributed by atoms with van der Waals surface area (Å²) in [5.74, 6) is 0.870. The van der Waals surface area contributed by atoms with Gasteiger partial charge in [-0.25, -0.2) is 14.4 Å². The van der Waals surface area contributed by atoms with Gasteiger partial charge in [0.1, 0.15) is 11.6 Å². The van der Waals surface area contributed by atoms with E-state index in [2.05, 4.69) is 65.2 Å². The largest absolute Gasteiger partial charge is 0.414 e. The number of benzene rings is 1. The molecule has 0 spiro atoms. The highest BCUT2D eigenvalue weighted by molar-refractivity contribution is 6.74. The van der Waals surface area contributed by atoms with Crippen LogP contribution in [0.4, 0.5) is 16.2 Å². The highest BCUT2D eigenvalue weighted by atomic mass is 35.5. The Morgan fingerprint density at radius 2 is 1.97 bits per heavy atom. The summed E-state index contributed by atoms with van der Waals surface area (Å²) in [4.78, 5) is 11.2. The van der Waals surface area contributed by atoms with Gasteiger partial charge < -0.3 is 14.6 Å². The van der Waals surface area contributed by atoms with Crippen LogP contribution >= 0.6 is 11.6 Å². The monoisotopic (exact) mass is 540 g/mol. The van der Waals surface area contributed by atoms with E-state index < -0.39 is 14.1 Å². The zero-order chi connectivity index (χ0) is 26.8. The first-order valence-corrected chi connectivity index (χ1v) is 15.5. The molecule has 1 aliphatic heterocycles. The minimum Gasteiger partial charge on any atom is -0.414 e. The van der Waals surface area contributed by atoms with Gasteiger partial charge >= 0.3 is 0 Å². The number of hydrogen-bond acceptors (Lipinski definition) is 6. The molecule has 1 aliphatic rings. The molecule has 0 radical (unpaired) electrons. The second-order valence-electron chi connectivity index (χ2n) is 10.7. The summed E-state index contributed by atoms with van der Waals surface area (Å²) in [5.41, 5.74) is 2.62. The molecule has 0 saturated carbocycles. The van der Waals surface area contributed by atoms with E-state index >= 15 is 0 Å². The first kappa shape index (κ1) is 27.0. The first-order chi connectivity index (χ1) is 17.4. The molecule has 7 nitrogen and oxygen atoms in total. The fraction of sp³-hybridized carbons (Fsp3) is 0.370. The van der Waals surface area contributed by atoms with Crippen molar-refractivity contribution in [1.29, 1.82) is 0 Å². The van der Waals surface area contributed by atoms with Crippen LogP contribution in [0, 0.1) is 5.82 Å². The number of anilines is 2. The van der Waals surface area contributed by atoms with Crippen molar-refractivity contribution in [3.63, 3.8) is 0 Å². The van der Waals surface area contributed by atoms with Crippen molar-refractivity contribution in [2.24, 2.45) is 7.05 Å². The molecular weight excluding hydrogens is 507 g/mol. The molecule has 0 amide bonds. The van der Waals surface area contributed by atoms with E-state index in [0.29, 0.717) is 19.1 Å². The van der Waals surface area contributed by atoms with Gasteiger partial charge in [-0.3, -0.25) is 4.68 Å². The summed E-state index contributed by atoms with van der Waals surface area (Å²) in [6.45, 7) is 12.2. The summed E-state index contributed by atoms with van der Waals surface area (Å²) >= 11 is 5.98. The van der Waals surface area contributed by atoms with E-state index in [-0.39, 0.29) is 16.1 Å². The smallest absolute Gasteiger partial charge is 0.228 e. The van der Waals surface area contributed by atoms with Gasteiger partial charge in [-0.1, -0.05) is 44.5 Å². The van der Waals surface area contributed by atoms with Crippen LogP contribution in [0.15, 0.2) is 61.1 Å². The van der Waals surface area contributed by atoms with Gasteiger partial charge in [0.25, 0.3) is 0 Å². The Labute approximate surface area is 224 Å². The molecule has 196 valence electrons. The van der Waals surface area contributed by atoms with Gasteiger partial charge in [-0.2, -0.15) is 5.10 Å². The zero-order valence-electron chi connectivity index (χ0n) is 22.2. The summed E-state index contributed by atoms with van der Waals surface area (Å²) in [6.07, 6.45) is 9.60. The average molecular weight is 541 g/mol. The molecule has 0 saturated heterocycles. The minimum atomic E-state index is -2.01. The van der Waals surface area contributed by atoms with Gasteiger partial charge in [-0.15, -0.1) is 0 Å². The lowest BCUT2D eigenvalue weighted by Crippen LogP contribution is -2.43. The number of rotatable bonds is 8. The van der Waals surface area contributed by atoms with E-state index in [0.717, 1.165) is 22.6 Å². The normalized spacial score (nSPS) is 15.0. The number of aryl methyl sites for hydroxylation is 1. The Morgan fingerprint density at radius 3 is 2.59 bits per heavy atom. The van der Waals surface area contributed by atoms with Crippen LogP contribution in [-0.2, 0) is 11.5 Å². The fourth-order valence-electron chi connectivity index (χ4n) is 3.73. The van der Waals surface area contributed by atoms with Crippen molar-refractivity contribution in [2.75, 3.05) is 18.5 Å². The molecule has 1 aromatic carbocycles. The molecule has 2 aromatic heterocycles.